The molecule has 4 atom stereocenters. The Balaban J connectivity index is 1.43. The number of benzene rings is 1. The Kier molecular flexibility index (Phi) is 10.8. The van der Waals surface area contributed by atoms with E-state index in [1.54, 1.807) is 21.9 Å². The van der Waals surface area contributed by atoms with Crippen molar-refractivity contribution in [3.05, 3.63) is 58.7 Å². The largest absolute Gasteiger partial charge is 0.444 e. The highest BCUT2D eigenvalue weighted by atomic mass is 19.1. The number of nitrogens with zero attached hydrogens (tertiary/aromatic N) is 5. The van der Waals surface area contributed by atoms with Crippen molar-refractivity contribution in [1.29, 1.82) is 0 Å². The van der Waals surface area contributed by atoms with Gasteiger partial charge in [-0.05, 0) is 70.4 Å². The Labute approximate surface area is 283 Å². The molecule has 2 N–H and O–H groups in total. The summed E-state index contributed by atoms with van der Waals surface area (Å²) in [5, 5.41) is 20.6. The van der Waals surface area contributed by atoms with Crippen LogP contribution in [0, 0.1) is 5.82 Å². The van der Waals surface area contributed by atoms with Crippen molar-refractivity contribution >= 4 is 17.7 Å². The van der Waals surface area contributed by atoms with E-state index in [-0.39, 0.29) is 42.5 Å². The molecular weight excluding hydrogens is 617 g/mol. The number of aliphatic hydroxyl groups is 2. The van der Waals surface area contributed by atoms with Gasteiger partial charge in [0.15, 0.2) is 0 Å². The predicted molar refractivity (Wildman–Crippen MR) is 180 cm³/mol. The molecule has 2 saturated heterocycles. The number of hydrogen-bond acceptors (Lipinski definition) is 9. The lowest BCUT2D eigenvalue weighted by molar-refractivity contribution is -0.121. The number of ether oxygens (including phenoxy) is 2. The number of carbonyl (C=O) groups excluding carboxylic acids is 2. The summed E-state index contributed by atoms with van der Waals surface area (Å²) in [5.74, 6) is -0.424. The summed E-state index contributed by atoms with van der Waals surface area (Å²) in [6.45, 7) is 17.5. The lowest BCUT2D eigenvalue weighted by Gasteiger charge is -2.47. The zero-order valence-corrected chi connectivity index (χ0v) is 29.4. The smallest absolute Gasteiger partial charge is 0.410 e. The molecule has 12 heteroatoms. The van der Waals surface area contributed by atoms with Crippen molar-refractivity contribution in [2.75, 3.05) is 64.0 Å². The van der Waals surface area contributed by atoms with Crippen molar-refractivity contribution < 1.29 is 33.7 Å². The summed E-state index contributed by atoms with van der Waals surface area (Å²) >= 11 is 0. The second-order valence-corrected chi connectivity index (χ2v) is 15.2. The maximum Gasteiger partial charge on any atom is 0.410 e. The van der Waals surface area contributed by atoms with Crippen LogP contribution in [0.1, 0.15) is 77.1 Å². The number of hydrogen-bond donors (Lipinski definition) is 2. The third-order valence-corrected chi connectivity index (χ3v) is 9.57. The summed E-state index contributed by atoms with van der Waals surface area (Å²) in [6, 6.07) is 7.95. The van der Waals surface area contributed by atoms with Crippen LogP contribution >= 0.6 is 0 Å². The molecule has 3 aliphatic rings. The Hall–Kier alpha value is -3.16. The molecule has 1 unspecified atom stereocenters. The maximum atomic E-state index is 14.3. The van der Waals surface area contributed by atoms with Gasteiger partial charge in [-0.2, -0.15) is 0 Å². The molecule has 3 aliphatic heterocycles. The van der Waals surface area contributed by atoms with E-state index in [0.29, 0.717) is 68.5 Å². The number of halogens is 1. The van der Waals surface area contributed by atoms with E-state index in [0.717, 1.165) is 12.1 Å². The summed E-state index contributed by atoms with van der Waals surface area (Å²) in [6.07, 6.45) is -1.20. The lowest BCUT2D eigenvalue weighted by atomic mass is 9.90. The zero-order chi connectivity index (χ0) is 35.0. The number of morpholine rings is 1. The molecule has 5 rings (SSSR count). The van der Waals surface area contributed by atoms with Crippen molar-refractivity contribution in [2.45, 2.75) is 90.1 Å². The number of aliphatic hydroxyl groups excluding tert-OH is 2. The number of anilines is 1. The minimum atomic E-state index is -1.20. The second kappa shape index (κ2) is 14.4. The van der Waals surface area contributed by atoms with Crippen molar-refractivity contribution in [2.24, 2.45) is 0 Å². The minimum absolute atomic E-state index is 0.0789. The predicted octanol–water partition coefficient (Wildman–Crippen LogP) is 3.49. The third-order valence-electron chi connectivity index (χ3n) is 9.57. The van der Waals surface area contributed by atoms with Crippen LogP contribution in [0.15, 0.2) is 30.3 Å². The molecule has 264 valence electrons. The first-order valence-electron chi connectivity index (χ1n) is 17.0. The SMILES string of the molecule is C[C@@H]1COCCN1C[C@H]1CN(C(=O)OC(C)(C)C)[C@H](C)CN1CC(=O)N1CC(C)(C)c2nc(C(O)CO)c(Cc3ccc(F)cc3)cc21. The van der Waals surface area contributed by atoms with Crippen LogP contribution in [-0.4, -0.2) is 125 Å². The van der Waals surface area contributed by atoms with Gasteiger partial charge in [0.2, 0.25) is 5.91 Å². The van der Waals surface area contributed by atoms with Gasteiger partial charge in [-0.3, -0.25) is 19.6 Å². The summed E-state index contributed by atoms with van der Waals surface area (Å²) in [4.78, 5) is 40.6. The molecule has 0 radical (unpaired) electrons. The van der Waals surface area contributed by atoms with Gasteiger partial charge in [0.1, 0.15) is 17.5 Å². The van der Waals surface area contributed by atoms with E-state index in [9.17, 15) is 24.2 Å². The topological polar surface area (TPSA) is 119 Å². The standard InChI is InChI=1S/C36H52FN5O6/c1-23-16-40(28(17-39-12-13-47-21-24(39)2)18-41(23)34(46)48-35(3,4)5)19-31(45)42-22-36(6,7)33-29(42)15-26(32(38-33)30(44)20-43)14-25-8-10-27(37)11-9-25/h8-11,15,23-24,28,30,43-44H,12-14,16-22H2,1-7H3/t23-,24-,28+,30?/m1/s1. The highest BCUT2D eigenvalue weighted by Gasteiger charge is 2.43. The normalized spacial score (nSPS) is 24.0. The van der Waals surface area contributed by atoms with Crippen LogP contribution in [0.5, 0.6) is 0 Å². The summed E-state index contributed by atoms with van der Waals surface area (Å²) in [5.41, 5.74) is 2.07. The molecule has 2 amide bonds. The van der Waals surface area contributed by atoms with E-state index in [1.165, 1.54) is 12.1 Å². The van der Waals surface area contributed by atoms with E-state index >= 15 is 0 Å². The van der Waals surface area contributed by atoms with Gasteiger partial charge >= 0.3 is 6.09 Å². The quantitative estimate of drug-likeness (QED) is 0.436. The molecule has 0 bridgehead atoms. The lowest BCUT2D eigenvalue weighted by Crippen LogP contribution is -2.64. The van der Waals surface area contributed by atoms with Crippen LogP contribution in [0.3, 0.4) is 0 Å². The van der Waals surface area contributed by atoms with Crippen LogP contribution in [0.25, 0.3) is 0 Å². The molecule has 0 spiro atoms. The van der Waals surface area contributed by atoms with Gasteiger partial charge in [-0.15, -0.1) is 0 Å². The first kappa shape index (κ1) is 36.1. The van der Waals surface area contributed by atoms with Gasteiger partial charge in [0, 0.05) is 56.3 Å². The molecule has 1 aromatic carbocycles. The highest BCUT2D eigenvalue weighted by molar-refractivity contribution is 5.97. The number of fused-ring (bicyclic) bond motifs is 1. The molecule has 1 aromatic heterocycles. The van der Waals surface area contributed by atoms with E-state index in [1.807, 2.05) is 47.6 Å². The number of aromatic nitrogens is 1. The van der Waals surface area contributed by atoms with Crippen LogP contribution < -0.4 is 4.90 Å². The number of pyridine rings is 1. The Morgan fingerprint density at radius 1 is 1.12 bits per heavy atom. The molecule has 2 aromatic rings. The molecule has 11 nitrogen and oxygen atoms in total. The summed E-state index contributed by atoms with van der Waals surface area (Å²) < 4.78 is 25.1. The fourth-order valence-corrected chi connectivity index (χ4v) is 6.99. The van der Waals surface area contributed by atoms with Gasteiger partial charge < -0.3 is 29.5 Å². The first-order valence-corrected chi connectivity index (χ1v) is 17.0. The monoisotopic (exact) mass is 669 g/mol. The van der Waals surface area contributed by atoms with Gasteiger partial charge in [0.05, 0.1) is 43.4 Å². The molecule has 2 fully saturated rings. The van der Waals surface area contributed by atoms with Crippen molar-refractivity contribution in [3.8, 4) is 0 Å². The number of carbonyl (C=O) groups is 2. The Morgan fingerprint density at radius 3 is 2.48 bits per heavy atom. The molecule has 0 saturated carbocycles. The Morgan fingerprint density at radius 2 is 1.83 bits per heavy atom. The van der Waals surface area contributed by atoms with E-state index < -0.39 is 23.7 Å². The number of amides is 2. The van der Waals surface area contributed by atoms with Crippen LogP contribution in [0.2, 0.25) is 0 Å². The third kappa shape index (κ3) is 8.16. The van der Waals surface area contributed by atoms with Gasteiger partial charge in [-0.1, -0.05) is 26.0 Å². The van der Waals surface area contributed by atoms with Gasteiger partial charge in [-0.25, -0.2) is 9.18 Å². The molecule has 4 heterocycles. The van der Waals surface area contributed by atoms with Crippen molar-refractivity contribution in [3.63, 3.8) is 0 Å². The fourth-order valence-electron chi connectivity index (χ4n) is 6.99. The maximum absolute atomic E-state index is 14.3. The Bertz CT molecular complexity index is 1460. The second-order valence-electron chi connectivity index (χ2n) is 15.2. The van der Waals surface area contributed by atoms with Crippen molar-refractivity contribution in [1.82, 2.24) is 19.7 Å². The first-order chi connectivity index (χ1) is 22.6. The average molecular weight is 670 g/mol. The fraction of sp³-hybridized carbons (Fsp3) is 0.639. The van der Waals surface area contributed by atoms with E-state index in [4.69, 9.17) is 14.5 Å². The average Bonchev–Trinajstić information content (AvgIpc) is 3.28. The number of piperazine rings is 1. The van der Waals surface area contributed by atoms with Gasteiger partial charge in [0.25, 0.3) is 0 Å². The highest BCUT2D eigenvalue weighted by Crippen LogP contribution is 2.41. The molecule has 48 heavy (non-hydrogen) atoms. The zero-order valence-electron chi connectivity index (χ0n) is 29.4. The summed E-state index contributed by atoms with van der Waals surface area (Å²) in [7, 11) is 0. The molecular formula is C36H52FN5O6. The van der Waals surface area contributed by atoms with Crippen LogP contribution in [0.4, 0.5) is 14.9 Å². The van der Waals surface area contributed by atoms with Crippen LogP contribution in [-0.2, 0) is 26.1 Å². The minimum Gasteiger partial charge on any atom is -0.444 e. The van der Waals surface area contributed by atoms with E-state index in [2.05, 4.69) is 16.7 Å². The molecule has 0 aliphatic carbocycles. The number of rotatable bonds is 8.